The lowest BCUT2D eigenvalue weighted by Crippen LogP contribution is -2.44. The molecule has 0 fully saturated rings. The first-order valence-corrected chi connectivity index (χ1v) is 12.3. The van der Waals surface area contributed by atoms with Gasteiger partial charge in [0.05, 0.1) is 5.60 Å². The third-order valence-electron chi connectivity index (χ3n) is 4.41. The van der Waals surface area contributed by atoms with Crippen LogP contribution in [-0.2, 0) is 10.0 Å². The highest BCUT2D eigenvalue weighted by Gasteiger charge is 2.39. The van der Waals surface area contributed by atoms with Crippen molar-refractivity contribution in [3.63, 3.8) is 0 Å². The van der Waals surface area contributed by atoms with Gasteiger partial charge in [0.25, 0.3) is 8.32 Å². The molecule has 0 spiro atoms. The first-order chi connectivity index (χ1) is 10.6. The summed E-state index contributed by atoms with van der Waals surface area (Å²) in [5, 5.41) is 0.132. The van der Waals surface area contributed by atoms with Crippen LogP contribution in [0.5, 0.6) is 5.75 Å². The number of benzene rings is 1. The number of rotatable bonds is 5. The average Bonchev–Trinajstić information content (AvgIpc) is 2.36. The molecule has 0 aliphatic rings. The van der Waals surface area contributed by atoms with E-state index in [2.05, 4.69) is 54.6 Å². The van der Waals surface area contributed by atoms with Gasteiger partial charge >= 0.3 is 0 Å². The summed E-state index contributed by atoms with van der Waals surface area (Å²) in [6, 6.07) is 5.09. The third kappa shape index (κ3) is 5.71. The van der Waals surface area contributed by atoms with Gasteiger partial charge in [-0.25, -0.2) is 4.39 Å². The van der Waals surface area contributed by atoms with E-state index >= 15 is 0 Å². The fourth-order valence-electron chi connectivity index (χ4n) is 1.72. The van der Waals surface area contributed by atoms with Gasteiger partial charge in [-0.2, -0.15) is 0 Å². The predicted molar refractivity (Wildman–Crippen MR) is 104 cm³/mol. The lowest BCUT2D eigenvalue weighted by molar-refractivity contribution is 0.109. The van der Waals surface area contributed by atoms with E-state index in [1.807, 2.05) is 19.9 Å². The van der Waals surface area contributed by atoms with Gasteiger partial charge in [-0.3, -0.25) is 0 Å². The lowest BCUT2D eigenvalue weighted by atomic mass is 9.98. The molecular formula is C19H33FO2Si2. The first kappa shape index (κ1) is 21.4. The molecule has 0 saturated carbocycles. The molecule has 24 heavy (non-hydrogen) atoms. The summed E-state index contributed by atoms with van der Waals surface area (Å²) in [6.45, 7) is 21.2. The second kappa shape index (κ2) is 6.92. The quantitative estimate of drug-likeness (QED) is 0.568. The molecule has 0 heterocycles. The molecule has 0 saturated heterocycles. The summed E-state index contributed by atoms with van der Waals surface area (Å²) in [6.07, 6.45) is 0. The van der Waals surface area contributed by atoms with Gasteiger partial charge in [0.1, 0.15) is 5.75 Å². The van der Waals surface area contributed by atoms with Gasteiger partial charge in [0, 0.05) is 0 Å². The average molecular weight is 369 g/mol. The summed E-state index contributed by atoms with van der Waals surface area (Å²) in [4.78, 5) is 0. The maximum absolute atomic E-state index is 14.3. The zero-order valence-corrected chi connectivity index (χ0v) is 18.9. The Hall–Kier alpha value is -0.656. The molecule has 1 rings (SSSR count). The molecule has 5 heteroatoms. The Morgan fingerprint density at radius 3 is 1.96 bits per heavy atom. The van der Waals surface area contributed by atoms with Crippen molar-refractivity contribution in [2.75, 3.05) is 0 Å². The monoisotopic (exact) mass is 368 g/mol. The molecule has 0 aliphatic carbocycles. The topological polar surface area (TPSA) is 18.5 Å². The molecule has 0 aromatic heterocycles. The van der Waals surface area contributed by atoms with Crippen molar-refractivity contribution >= 4 is 18.1 Å². The van der Waals surface area contributed by atoms with Crippen LogP contribution in [-0.4, -0.2) is 18.1 Å². The molecule has 0 atom stereocenters. The second-order valence-electron chi connectivity index (χ2n) is 9.47. The van der Waals surface area contributed by atoms with E-state index in [-0.39, 0.29) is 15.9 Å². The summed E-state index contributed by atoms with van der Waals surface area (Å²) in [5.41, 5.74) is 0.458. The van der Waals surface area contributed by atoms with Crippen molar-refractivity contribution < 1.29 is 13.2 Å². The van der Waals surface area contributed by atoms with E-state index in [0.29, 0.717) is 15.5 Å². The van der Waals surface area contributed by atoms with E-state index < -0.39 is 13.9 Å². The number of hydrogen-bond donors (Lipinski definition) is 0. The van der Waals surface area contributed by atoms with E-state index in [1.165, 1.54) is 6.07 Å². The van der Waals surface area contributed by atoms with Crippen LogP contribution in [0.1, 0.15) is 61.0 Å². The zero-order chi connectivity index (χ0) is 19.0. The highest BCUT2D eigenvalue weighted by Crippen LogP contribution is 2.39. The van der Waals surface area contributed by atoms with Crippen molar-refractivity contribution in [2.45, 2.75) is 84.2 Å². The standard InChI is InChI=1S/C19H33FO2Si2/c1-17(2,3)23-22-19(7,8)14-11-12-15(20)16(13-14)21-24(9,10)18(4,5)6/h11-13H,1-10H3. The van der Waals surface area contributed by atoms with Crippen LogP contribution >= 0.6 is 0 Å². The minimum Gasteiger partial charge on any atom is -0.542 e. The normalized spacial score (nSPS) is 14.0. The van der Waals surface area contributed by atoms with Gasteiger partial charge in [-0.15, -0.1) is 0 Å². The van der Waals surface area contributed by atoms with Gasteiger partial charge < -0.3 is 8.85 Å². The Morgan fingerprint density at radius 2 is 1.50 bits per heavy atom. The highest BCUT2D eigenvalue weighted by atomic mass is 28.4. The van der Waals surface area contributed by atoms with Gasteiger partial charge in [0.15, 0.2) is 5.82 Å². The number of hydrogen-bond acceptors (Lipinski definition) is 2. The molecule has 1 aromatic carbocycles. The van der Waals surface area contributed by atoms with E-state index in [4.69, 9.17) is 8.85 Å². The molecule has 2 nitrogen and oxygen atoms in total. The van der Waals surface area contributed by atoms with Crippen molar-refractivity contribution in [3.05, 3.63) is 29.6 Å². The SMILES string of the molecule is CC(C)(C)[Si]OC(C)(C)c1ccc(F)c(O[Si](C)(C)C(C)(C)C)c1. The summed E-state index contributed by atoms with van der Waals surface area (Å²) in [5.74, 6) is 0.0347. The van der Waals surface area contributed by atoms with Crippen molar-refractivity contribution in [1.82, 2.24) is 0 Å². The second-order valence-corrected chi connectivity index (χ2v) is 16.1. The Morgan fingerprint density at radius 1 is 0.958 bits per heavy atom. The molecule has 136 valence electrons. The fraction of sp³-hybridized carbons (Fsp3) is 0.684. The van der Waals surface area contributed by atoms with Crippen LogP contribution in [0.3, 0.4) is 0 Å². The van der Waals surface area contributed by atoms with Crippen LogP contribution in [0.2, 0.25) is 23.2 Å². The van der Waals surface area contributed by atoms with Gasteiger partial charge in [-0.05, 0) is 54.7 Å². The zero-order valence-electron chi connectivity index (χ0n) is 16.9. The van der Waals surface area contributed by atoms with E-state index in [0.717, 1.165) is 5.56 Å². The lowest BCUT2D eigenvalue weighted by Gasteiger charge is -2.37. The molecule has 0 aliphatic heterocycles. The molecule has 0 amide bonds. The maximum Gasteiger partial charge on any atom is 0.250 e. The fourth-order valence-corrected chi connectivity index (χ4v) is 3.42. The van der Waals surface area contributed by atoms with E-state index in [1.54, 1.807) is 6.07 Å². The molecule has 0 unspecified atom stereocenters. The predicted octanol–water partition coefficient (Wildman–Crippen LogP) is 6.30. The van der Waals surface area contributed by atoms with Crippen LogP contribution < -0.4 is 4.43 Å². The van der Waals surface area contributed by atoms with Crippen molar-refractivity contribution in [2.24, 2.45) is 0 Å². The Balaban J connectivity index is 3.09. The van der Waals surface area contributed by atoms with Crippen LogP contribution in [0.4, 0.5) is 4.39 Å². The maximum atomic E-state index is 14.3. The summed E-state index contributed by atoms with van der Waals surface area (Å²) in [7, 11) is -1.72. The smallest absolute Gasteiger partial charge is 0.250 e. The Kier molecular flexibility index (Phi) is 6.17. The minimum atomic E-state index is -2.09. The van der Waals surface area contributed by atoms with Crippen LogP contribution in [0.15, 0.2) is 18.2 Å². The molecule has 0 N–H and O–H groups in total. The Labute approximate surface area is 151 Å². The van der Waals surface area contributed by atoms with E-state index in [9.17, 15) is 4.39 Å². The molecule has 0 bridgehead atoms. The molecular weight excluding hydrogens is 335 g/mol. The molecule has 1 aromatic rings. The minimum absolute atomic E-state index is 0.0229. The summed E-state index contributed by atoms with van der Waals surface area (Å²) < 4.78 is 26.6. The Bertz CT molecular complexity index is 570. The van der Waals surface area contributed by atoms with Crippen LogP contribution in [0.25, 0.3) is 0 Å². The van der Waals surface area contributed by atoms with Crippen molar-refractivity contribution in [1.29, 1.82) is 0 Å². The van der Waals surface area contributed by atoms with Crippen LogP contribution in [0, 0.1) is 5.82 Å². The van der Waals surface area contributed by atoms with Gasteiger partial charge in [-0.1, -0.05) is 47.6 Å². The molecule has 2 radical (unpaired) electrons. The van der Waals surface area contributed by atoms with Crippen molar-refractivity contribution in [3.8, 4) is 5.75 Å². The number of halogens is 1. The largest absolute Gasteiger partial charge is 0.542 e. The third-order valence-corrected chi connectivity index (χ3v) is 9.98. The first-order valence-electron chi connectivity index (χ1n) is 8.49. The summed E-state index contributed by atoms with van der Waals surface area (Å²) >= 11 is 0. The van der Waals surface area contributed by atoms with Gasteiger partial charge in [0.2, 0.25) is 9.76 Å². The highest BCUT2D eigenvalue weighted by molar-refractivity contribution is 6.74.